The van der Waals surface area contributed by atoms with Crippen LogP contribution >= 0.6 is 0 Å². The van der Waals surface area contributed by atoms with Crippen LogP contribution in [0.15, 0.2) is 72.8 Å². The van der Waals surface area contributed by atoms with Crippen LogP contribution in [-0.4, -0.2) is 42.0 Å². The number of carboxylic acids is 3. The summed E-state index contributed by atoms with van der Waals surface area (Å²) >= 11 is 0. The standard InChI is InChI=1S/C21H16O6Si/c22-19(23)13-1-7-16(8-2-13)28(17-9-3-14(4-10-17)20(24)25)18-11-5-15(6-12-18)21(26)27/h1-12,28H,(H,22,23)(H,24,25)(H,26,27). The topological polar surface area (TPSA) is 112 Å². The highest BCUT2D eigenvalue weighted by Crippen LogP contribution is 2.04. The number of carbonyl (C=O) groups is 3. The Morgan fingerprint density at radius 1 is 0.464 bits per heavy atom. The highest BCUT2D eigenvalue weighted by Gasteiger charge is 2.20. The zero-order valence-corrected chi connectivity index (χ0v) is 15.7. The van der Waals surface area contributed by atoms with Gasteiger partial charge < -0.3 is 15.3 Å². The Bertz CT molecular complexity index is 887. The van der Waals surface area contributed by atoms with Crippen molar-refractivity contribution in [2.45, 2.75) is 0 Å². The molecular formula is C21H16O6Si. The van der Waals surface area contributed by atoms with Crippen LogP contribution in [-0.2, 0) is 0 Å². The first-order valence-electron chi connectivity index (χ1n) is 8.36. The van der Waals surface area contributed by atoms with Crippen LogP contribution in [0.5, 0.6) is 0 Å². The first kappa shape index (κ1) is 19.1. The predicted octanol–water partition coefficient (Wildman–Crippen LogP) is 1.03. The average molecular weight is 392 g/mol. The lowest BCUT2D eigenvalue weighted by molar-refractivity contribution is 0.0686. The SMILES string of the molecule is O=C(O)c1ccc([SiH](c2ccc(C(=O)O)cc2)c2ccc(C(=O)O)cc2)cc1. The summed E-state index contributed by atoms with van der Waals surface area (Å²) in [6.45, 7) is 0. The second-order valence-corrected chi connectivity index (χ2v) is 9.08. The van der Waals surface area contributed by atoms with Crippen molar-refractivity contribution in [3.63, 3.8) is 0 Å². The van der Waals surface area contributed by atoms with E-state index in [1.165, 1.54) is 36.4 Å². The normalized spacial score (nSPS) is 10.6. The minimum atomic E-state index is -2.04. The molecule has 0 radical (unpaired) electrons. The van der Waals surface area contributed by atoms with Gasteiger partial charge in [0.1, 0.15) is 8.80 Å². The highest BCUT2D eigenvalue weighted by molar-refractivity contribution is 6.95. The molecular weight excluding hydrogens is 376 g/mol. The molecule has 0 atom stereocenters. The van der Waals surface area contributed by atoms with Gasteiger partial charge in [-0.25, -0.2) is 14.4 Å². The van der Waals surface area contributed by atoms with Gasteiger partial charge in [-0.15, -0.1) is 0 Å². The fraction of sp³-hybridized carbons (Fsp3) is 0. The summed E-state index contributed by atoms with van der Waals surface area (Å²) in [5, 5.41) is 30.2. The second kappa shape index (κ2) is 7.89. The molecule has 0 heterocycles. The molecule has 0 unspecified atom stereocenters. The van der Waals surface area contributed by atoms with Crippen molar-refractivity contribution < 1.29 is 29.7 Å². The van der Waals surface area contributed by atoms with Crippen LogP contribution in [0.25, 0.3) is 0 Å². The van der Waals surface area contributed by atoms with Gasteiger partial charge in [0.15, 0.2) is 0 Å². The van der Waals surface area contributed by atoms with E-state index in [1.807, 2.05) is 0 Å². The van der Waals surface area contributed by atoms with Crippen molar-refractivity contribution in [3.8, 4) is 0 Å². The highest BCUT2D eigenvalue weighted by atomic mass is 28.3. The summed E-state index contributed by atoms with van der Waals surface area (Å²) in [5.74, 6) is -3.04. The van der Waals surface area contributed by atoms with Gasteiger partial charge in [0.25, 0.3) is 0 Å². The molecule has 3 aromatic rings. The molecule has 3 aromatic carbocycles. The third-order valence-corrected chi connectivity index (χ3v) is 7.63. The zero-order chi connectivity index (χ0) is 20.3. The van der Waals surface area contributed by atoms with Crippen molar-refractivity contribution in [2.24, 2.45) is 0 Å². The van der Waals surface area contributed by atoms with Crippen molar-refractivity contribution in [2.75, 3.05) is 0 Å². The van der Waals surface area contributed by atoms with Gasteiger partial charge in [-0.05, 0) is 36.4 Å². The molecule has 0 saturated carbocycles. The minimum Gasteiger partial charge on any atom is -0.478 e. The quantitative estimate of drug-likeness (QED) is 0.427. The van der Waals surface area contributed by atoms with E-state index in [0.29, 0.717) is 0 Å². The Kier molecular flexibility index (Phi) is 5.37. The van der Waals surface area contributed by atoms with Crippen molar-refractivity contribution >= 4 is 42.3 Å². The molecule has 3 N–H and O–H groups in total. The maximum Gasteiger partial charge on any atom is 0.335 e. The van der Waals surface area contributed by atoms with E-state index >= 15 is 0 Å². The molecule has 0 saturated heterocycles. The maximum atomic E-state index is 11.1. The summed E-state index contributed by atoms with van der Waals surface area (Å²) in [6.07, 6.45) is 0. The molecule has 0 spiro atoms. The van der Waals surface area contributed by atoms with E-state index in [0.717, 1.165) is 15.6 Å². The third-order valence-electron chi connectivity index (χ3n) is 4.47. The largest absolute Gasteiger partial charge is 0.478 e. The summed E-state index contributed by atoms with van der Waals surface area (Å²) in [6, 6.07) is 19.8. The molecule has 6 nitrogen and oxygen atoms in total. The van der Waals surface area contributed by atoms with E-state index in [4.69, 9.17) is 15.3 Å². The molecule has 0 fully saturated rings. The molecule has 3 rings (SSSR count). The molecule has 0 aromatic heterocycles. The molecule has 7 heteroatoms. The van der Waals surface area contributed by atoms with Crippen LogP contribution in [0.3, 0.4) is 0 Å². The van der Waals surface area contributed by atoms with Crippen molar-refractivity contribution in [1.29, 1.82) is 0 Å². The number of hydrogen-bond donors (Lipinski definition) is 3. The van der Waals surface area contributed by atoms with E-state index < -0.39 is 26.7 Å². The van der Waals surface area contributed by atoms with Gasteiger partial charge in [-0.1, -0.05) is 52.0 Å². The summed E-state index contributed by atoms with van der Waals surface area (Å²) in [4.78, 5) is 33.4. The van der Waals surface area contributed by atoms with Gasteiger partial charge in [0.05, 0.1) is 16.7 Å². The van der Waals surface area contributed by atoms with E-state index in [-0.39, 0.29) is 16.7 Å². The summed E-state index contributed by atoms with van der Waals surface area (Å²) in [5.41, 5.74) is 0.539. The average Bonchev–Trinajstić information content (AvgIpc) is 2.69. The molecule has 0 aliphatic heterocycles. The first-order chi connectivity index (χ1) is 13.4. The van der Waals surface area contributed by atoms with Crippen LogP contribution in [0, 0.1) is 0 Å². The number of carboxylic acid groups (broad SMARTS) is 3. The predicted molar refractivity (Wildman–Crippen MR) is 106 cm³/mol. The number of hydrogen-bond acceptors (Lipinski definition) is 3. The van der Waals surface area contributed by atoms with Crippen LogP contribution in [0.1, 0.15) is 31.1 Å². The van der Waals surface area contributed by atoms with E-state index in [9.17, 15) is 14.4 Å². The molecule has 28 heavy (non-hydrogen) atoms. The minimum absolute atomic E-state index is 0.180. The fourth-order valence-electron chi connectivity index (χ4n) is 3.03. The Hall–Kier alpha value is -3.71. The lowest BCUT2D eigenvalue weighted by atomic mass is 10.2. The third kappa shape index (κ3) is 3.99. The lowest BCUT2D eigenvalue weighted by Crippen LogP contribution is -2.52. The van der Waals surface area contributed by atoms with Crippen LogP contribution < -0.4 is 15.6 Å². The van der Waals surface area contributed by atoms with Gasteiger partial charge in [-0.2, -0.15) is 0 Å². The summed E-state index contributed by atoms with van der Waals surface area (Å²) < 4.78 is 0. The first-order valence-corrected chi connectivity index (χ1v) is 10.1. The van der Waals surface area contributed by atoms with Crippen LogP contribution in [0.4, 0.5) is 0 Å². The molecule has 0 aliphatic carbocycles. The lowest BCUT2D eigenvalue weighted by Gasteiger charge is -2.18. The fourth-order valence-corrected chi connectivity index (χ4v) is 5.92. The molecule has 0 aliphatic rings. The summed E-state index contributed by atoms with van der Waals surface area (Å²) in [7, 11) is -2.04. The van der Waals surface area contributed by atoms with Crippen molar-refractivity contribution in [1.82, 2.24) is 0 Å². The Morgan fingerprint density at radius 2 is 0.679 bits per heavy atom. The number of aromatic carboxylic acids is 3. The molecule has 0 amide bonds. The smallest absolute Gasteiger partial charge is 0.335 e. The van der Waals surface area contributed by atoms with Gasteiger partial charge in [-0.3, -0.25) is 0 Å². The van der Waals surface area contributed by atoms with Crippen LogP contribution in [0.2, 0.25) is 0 Å². The van der Waals surface area contributed by atoms with E-state index in [1.54, 1.807) is 36.4 Å². The second-order valence-electron chi connectivity index (χ2n) is 6.21. The molecule has 0 bridgehead atoms. The molecule has 140 valence electrons. The Balaban J connectivity index is 2.08. The Morgan fingerprint density at radius 3 is 0.857 bits per heavy atom. The number of benzene rings is 3. The van der Waals surface area contributed by atoms with Gasteiger partial charge in [0.2, 0.25) is 0 Å². The maximum absolute atomic E-state index is 11.1. The number of rotatable bonds is 6. The van der Waals surface area contributed by atoms with E-state index in [2.05, 4.69) is 0 Å². The van der Waals surface area contributed by atoms with Gasteiger partial charge in [0, 0.05) is 0 Å². The van der Waals surface area contributed by atoms with Crippen molar-refractivity contribution in [3.05, 3.63) is 89.5 Å². The zero-order valence-electron chi connectivity index (χ0n) is 14.6. The monoisotopic (exact) mass is 392 g/mol. The Labute approximate surface area is 161 Å². The van der Waals surface area contributed by atoms with Gasteiger partial charge >= 0.3 is 17.9 Å².